The fraction of sp³-hybridized carbons (Fsp3) is 0.250. The van der Waals surface area contributed by atoms with Gasteiger partial charge >= 0.3 is 0 Å². The molecular formula is C12H12N2O3. The van der Waals surface area contributed by atoms with Crippen molar-refractivity contribution in [1.29, 1.82) is 0 Å². The summed E-state index contributed by atoms with van der Waals surface area (Å²) < 4.78 is 0. The molecule has 0 aromatic heterocycles. The van der Waals surface area contributed by atoms with Crippen LogP contribution in [-0.4, -0.2) is 27.6 Å². The first-order valence-corrected chi connectivity index (χ1v) is 5.27. The fourth-order valence-electron chi connectivity index (χ4n) is 2.05. The quantitative estimate of drug-likeness (QED) is 0.572. The molecule has 0 aliphatic heterocycles. The zero-order chi connectivity index (χ0) is 12.3. The molecule has 0 amide bonds. The monoisotopic (exact) mass is 232 g/mol. The third kappa shape index (κ3) is 2.18. The first-order chi connectivity index (χ1) is 8.26. The molecule has 17 heavy (non-hydrogen) atoms. The average molecular weight is 232 g/mol. The molecule has 2 rings (SSSR count). The summed E-state index contributed by atoms with van der Waals surface area (Å²) in [6.07, 6.45) is 0.661. The van der Waals surface area contributed by atoms with E-state index in [4.69, 9.17) is 10.4 Å². The molecule has 0 heterocycles. The summed E-state index contributed by atoms with van der Waals surface area (Å²) in [5.41, 5.74) is 1.01. The molecule has 5 heteroatoms. The normalized spacial score (nSPS) is 25.4. The summed E-state index contributed by atoms with van der Waals surface area (Å²) in [4.78, 5) is 11.7. The van der Waals surface area contributed by atoms with Gasteiger partial charge in [0.1, 0.15) is 5.71 Å². The number of carbonyl (C=O) groups is 1. The molecule has 1 fully saturated rings. The Morgan fingerprint density at radius 1 is 1.06 bits per heavy atom. The predicted molar refractivity (Wildman–Crippen MR) is 61.9 cm³/mol. The number of hydrogen-bond donors (Lipinski definition) is 2. The molecule has 1 saturated carbocycles. The molecule has 0 radical (unpaired) electrons. The minimum absolute atomic E-state index is 0.0277. The van der Waals surface area contributed by atoms with Crippen molar-refractivity contribution < 1.29 is 15.2 Å². The van der Waals surface area contributed by atoms with Gasteiger partial charge in [0.05, 0.1) is 0 Å². The molecule has 1 aromatic rings. The number of ketones is 1. The highest BCUT2D eigenvalue weighted by Gasteiger charge is 2.32. The van der Waals surface area contributed by atoms with Crippen molar-refractivity contribution in [2.75, 3.05) is 0 Å². The predicted octanol–water partition coefficient (Wildman–Crippen LogP) is 1.79. The Morgan fingerprint density at radius 3 is 2.35 bits per heavy atom. The van der Waals surface area contributed by atoms with Crippen LogP contribution in [0.3, 0.4) is 0 Å². The van der Waals surface area contributed by atoms with Crippen molar-refractivity contribution in [3.8, 4) is 0 Å². The van der Waals surface area contributed by atoms with Crippen LogP contribution in [0.25, 0.3) is 0 Å². The Balaban J connectivity index is 2.29. The van der Waals surface area contributed by atoms with E-state index in [1.807, 2.05) is 30.3 Å². The lowest BCUT2D eigenvalue weighted by Gasteiger charge is -2.22. The SMILES string of the molecule is O=C1CC(c2ccccc2)CC(=NO)C1=NO. The first-order valence-electron chi connectivity index (χ1n) is 5.27. The van der Waals surface area contributed by atoms with Gasteiger partial charge in [-0.15, -0.1) is 0 Å². The summed E-state index contributed by atoms with van der Waals surface area (Å²) in [6.45, 7) is 0. The molecule has 1 aliphatic rings. The van der Waals surface area contributed by atoms with E-state index in [9.17, 15) is 4.79 Å². The number of hydrogen-bond acceptors (Lipinski definition) is 5. The number of carbonyl (C=O) groups excluding carboxylic acids is 1. The first kappa shape index (κ1) is 11.3. The van der Waals surface area contributed by atoms with Gasteiger partial charge in [-0.3, -0.25) is 4.79 Å². The highest BCUT2D eigenvalue weighted by molar-refractivity contribution is 6.68. The zero-order valence-electron chi connectivity index (χ0n) is 9.08. The van der Waals surface area contributed by atoms with Crippen molar-refractivity contribution in [3.05, 3.63) is 35.9 Å². The maximum atomic E-state index is 11.7. The zero-order valence-corrected chi connectivity index (χ0v) is 9.08. The van der Waals surface area contributed by atoms with Crippen molar-refractivity contribution in [3.63, 3.8) is 0 Å². The van der Waals surface area contributed by atoms with E-state index < -0.39 is 0 Å². The molecule has 1 unspecified atom stereocenters. The lowest BCUT2D eigenvalue weighted by Crippen LogP contribution is -2.33. The molecule has 0 spiro atoms. The van der Waals surface area contributed by atoms with Gasteiger partial charge in [-0.25, -0.2) is 0 Å². The Hall–Kier alpha value is -2.17. The standard InChI is InChI=1S/C12H12N2O3/c15-11-7-9(8-4-2-1-3-5-8)6-10(13-16)12(11)14-17/h1-5,9,16-17H,6-7H2. The van der Waals surface area contributed by atoms with Gasteiger partial charge in [0.2, 0.25) is 0 Å². The number of benzene rings is 1. The van der Waals surface area contributed by atoms with Gasteiger partial charge in [0, 0.05) is 12.8 Å². The van der Waals surface area contributed by atoms with Gasteiger partial charge in [0.25, 0.3) is 0 Å². The largest absolute Gasteiger partial charge is 0.411 e. The van der Waals surface area contributed by atoms with Gasteiger partial charge < -0.3 is 10.4 Å². The number of rotatable bonds is 1. The summed E-state index contributed by atoms with van der Waals surface area (Å²) in [5, 5.41) is 23.4. The summed E-state index contributed by atoms with van der Waals surface area (Å²) in [6, 6.07) is 9.54. The van der Waals surface area contributed by atoms with Crippen LogP contribution in [0.4, 0.5) is 0 Å². The van der Waals surface area contributed by atoms with Crippen molar-refractivity contribution in [1.82, 2.24) is 0 Å². The van der Waals surface area contributed by atoms with Crippen molar-refractivity contribution >= 4 is 17.2 Å². The Morgan fingerprint density at radius 2 is 1.76 bits per heavy atom. The van der Waals surface area contributed by atoms with Crippen LogP contribution in [0.2, 0.25) is 0 Å². The summed E-state index contributed by atoms with van der Waals surface area (Å²) in [7, 11) is 0. The molecule has 5 nitrogen and oxygen atoms in total. The van der Waals surface area contributed by atoms with Crippen LogP contribution in [0.15, 0.2) is 40.6 Å². The average Bonchev–Trinajstić information content (AvgIpc) is 2.38. The van der Waals surface area contributed by atoms with E-state index in [1.54, 1.807) is 0 Å². The van der Waals surface area contributed by atoms with E-state index >= 15 is 0 Å². The minimum Gasteiger partial charge on any atom is -0.411 e. The van der Waals surface area contributed by atoms with Crippen LogP contribution in [0.5, 0.6) is 0 Å². The maximum absolute atomic E-state index is 11.7. The maximum Gasteiger partial charge on any atom is 0.187 e. The van der Waals surface area contributed by atoms with Crippen LogP contribution >= 0.6 is 0 Å². The topological polar surface area (TPSA) is 82.2 Å². The van der Waals surface area contributed by atoms with Gasteiger partial charge in [-0.05, 0) is 11.5 Å². The van der Waals surface area contributed by atoms with Crippen LogP contribution in [0, 0.1) is 0 Å². The summed E-state index contributed by atoms with van der Waals surface area (Å²) >= 11 is 0. The second kappa shape index (κ2) is 4.78. The molecular weight excluding hydrogens is 220 g/mol. The van der Waals surface area contributed by atoms with Gasteiger partial charge in [-0.2, -0.15) is 0 Å². The smallest absolute Gasteiger partial charge is 0.187 e. The van der Waals surface area contributed by atoms with E-state index in [0.717, 1.165) is 5.56 Å². The second-order valence-electron chi connectivity index (χ2n) is 3.93. The molecule has 1 aromatic carbocycles. The molecule has 0 saturated heterocycles. The highest BCUT2D eigenvalue weighted by atomic mass is 16.4. The van der Waals surface area contributed by atoms with E-state index in [-0.39, 0.29) is 29.5 Å². The number of Topliss-reactive ketones (excluding diaryl/α,β-unsaturated/α-hetero) is 1. The Labute approximate surface area is 98.1 Å². The number of oxime groups is 2. The van der Waals surface area contributed by atoms with Crippen molar-refractivity contribution in [2.24, 2.45) is 10.3 Å². The van der Waals surface area contributed by atoms with Crippen LogP contribution < -0.4 is 0 Å². The lowest BCUT2D eigenvalue weighted by atomic mass is 9.81. The van der Waals surface area contributed by atoms with Crippen LogP contribution in [-0.2, 0) is 4.79 Å². The minimum atomic E-state index is -0.305. The molecule has 88 valence electrons. The van der Waals surface area contributed by atoms with Crippen LogP contribution in [0.1, 0.15) is 24.3 Å². The highest BCUT2D eigenvalue weighted by Crippen LogP contribution is 2.28. The third-order valence-corrected chi connectivity index (χ3v) is 2.90. The fourth-order valence-corrected chi connectivity index (χ4v) is 2.05. The van der Waals surface area contributed by atoms with E-state index in [0.29, 0.717) is 6.42 Å². The lowest BCUT2D eigenvalue weighted by molar-refractivity contribution is -0.113. The van der Waals surface area contributed by atoms with E-state index in [2.05, 4.69) is 10.3 Å². The molecule has 2 N–H and O–H groups in total. The molecule has 1 aliphatic carbocycles. The number of nitrogens with zero attached hydrogens (tertiary/aromatic N) is 2. The molecule has 1 atom stereocenters. The van der Waals surface area contributed by atoms with Gasteiger partial charge in [0.15, 0.2) is 11.5 Å². The third-order valence-electron chi connectivity index (χ3n) is 2.90. The Kier molecular flexibility index (Phi) is 3.18. The van der Waals surface area contributed by atoms with E-state index in [1.165, 1.54) is 0 Å². The Bertz CT molecular complexity index is 480. The second-order valence-corrected chi connectivity index (χ2v) is 3.93. The summed E-state index contributed by atoms with van der Waals surface area (Å²) in [5.74, 6) is -0.333. The van der Waals surface area contributed by atoms with Gasteiger partial charge in [-0.1, -0.05) is 40.6 Å². The molecule has 0 bridgehead atoms. The van der Waals surface area contributed by atoms with Crippen molar-refractivity contribution in [2.45, 2.75) is 18.8 Å².